The molecule has 1 unspecified atom stereocenters. The molecule has 138 valence electrons. The first-order valence-electron chi connectivity index (χ1n) is 7.35. The average Bonchev–Trinajstić information content (AvgIpc) is 2.53. The number of Topliss-reactive ketones (excluding diaryl/α,β-unsaturated/α-hetero) is 1. The van der Waals surface area contributed by atoms with E-state index in [9.17, 15) is 26.8 Å². The van der Waals surface area contributed by atoms with Crippen LogP contribution in [0.2, 0.25) is 0 Å². The molecule has 0 aliphatic heterocycles. The SMILES string of the molecule is CC(OC(=O)c1ccc(F)cc1F)C(=O)c1ccc(NS(C)(=O)=O)cc1. The summed E-state index contributed by atoms with van der Waals surface area (Å²) in [5.74, 6) is -3.60. The fourth-order valence-corrected chi connectivity index (χ4v) is 2.65. The highest BCUT2D eigenvalue weighted by Crippen LogP contribution is 2.16. The Morgan fingerprint density at radius 1 is 1.08 bits per heavy atom. The number of ketones is 1. The standard InChI is InChI=1S/C17H15F2NO5S/c1-10(25-17(22)14-8-5-12(18)9-15(14)19)16(21)11-3-6-13(7-4-11)20-26(2,23)24/h3-10,20H,1-2H3. The molecule has 1 atom stereocenters. The minimum atomic E-state index is -3.45. The maximum atomic E-state index is 13.6. The first-order chi connectivity index (χ1) is 12.1. The van der Waals surface area contributed by atoms with E-state index in [4.69, 9.17) is 4.74 Å². The van der Waals surface area contributed by atoms with E-state index in [0.29, 0.717) is 6.07 Å². The summed E-state index contributed by atoms with van der Waals surface area (Å²) in [5, 5.41) is 0. The molecular formula is C17H15F2NO5S. The molecule has 2 aromatic rings. The Labute approximate surface area is 148 Å². The number of carbonyl (C=O) groups is 2. The average molecular weight is 383 g/mol. The van der Waals surface area contributed by atoms with E-state index in [1.807, 2.05) is 0 Å². The van der Waals surface area contributed by atoms with Gasteiger partial charge in [0, 0.05) is 17.3 Å². The van der Waals surface area contributed by atoms with E-state index in [1.165, 1.54) is 31.2 Å². The molecule has 0 aliphatic carbocycles. The van der Waals surface area contributed by atoms with Gasteiger partial charge in [0.05, 0.1) is 11.8 Å². The number of anilines is 1. The molecule has 0 amide bonds. The molecule has 0 radical (unpaired) electrons. The summed E-state index contributed by atoms with van der Waals surface area (Å²) in [6.45, 7) is 1.31. The van der Waals surface area contributed by atoms with Crippen LogP contribution >= 0.6 is 0 Å². The van der Waals surface area contributed by atoms with Gasteiger partial charge in [-0.05, 0) is 43.3 Å². The minimum Gasteiger partial charge on any atom is -0.451 e. The molecule has 0 bridgehead atoms. The van der Waals surface area contributed by atoms with E-state index >= 15 is 0 Å². The zero-order valence-electron chi connectivity index (χ0n) is 13.8. The third kappa shape index (κ3) is 5.09. The monoisotopic (exact) mass is 383 g/mol. The Balaban J connectivity index is 2.08. The quantitative estimate of drug-likeness (QED) is 0.612. The van der Waals surface area contributed by atoms with Gasteiger partial charge >= 0.3 is 5.97 Å². The van der Waals surface area contributed by atoms with Gasteiger partial charge in [-0.1, -0.05) is 0 Å². The van der Waals surface area contributed by atoms with Crippen LogP contribution in [-0.2, 0) is 14.8 Å². The van der Waals surface area contributed by atoms with Crippen LogP contribution in [0.4, 0.5) is 14.5 Å². The normalized spacial score (nSPS) is 12.3. The highest BCUT2D eigenvalue weighted by Gasteiger charge is 2.22. The minimum absolute atomic E-state index is 0.170. The number of sulfonamides is 1. The largest absolute Gasteiger partial charge is 0.451 e. The zero-order valence-corrected chi connectivity index (χ0v) is 14.6. The van der Waals surface area contributed by atoms with Crippen LogP contribution in [0.25, 0.3) is 0 Å². The van der Waals surface area contributed by atoms with Gasteiger partial charge in [0.2, 0.25) is 15.8 Å². The molecule has 2 aromatic carbocycles. The van der Waals surface area contributed by atoms with E-state index in [2.05, 4.69) is 4.72 Å². The Kier molecular flexibility index (Phi) is 5.71. The number of esters is 1. The van der Waals surface area contributed by atoms with Crippen molar-refractivity contribution in [2.24, 2.45) is 0 Å². The summed E-state index contributed by atoms with van der Waals surface area (Å²) in [6, 6.07) is 7.84. The molecule has 0 spiro atoms. The van der Waals surface area contributed by atoms with Crippen molar-refractivity contribution < 1.29 is 31.5 Å². The van der Waals surface area contributed by atoms with Crippen LogP contribution in [-0.4, -0.2) is 32.5 Å². The molecule has 2 rings (SSSR count). The Bertz CT molecular complexity index is 942. The predicted molar refractivity (Wildman–Crippen MR) is 90.5 cm³/mol. The molecule has 0 fully saturated rings. The summed E-state index contributed by atoms with van der Waals surface area (Å²) >= 11 is 0. The number of benzene rings is 2. The van der Waals surface area contributed by atoms with Crippen LogP contribution < -0.4 is 4.72 Å². The predicted octanol–water partition coefficient (Wildman–Crippen LogP) is 2.76. The molecule has 1 N–H and O–H groups in total. The van der Waals surface area contributed by atoms with Gasteiger partial charge in [0.15, 0.2) is 6.10 Å². The van der Waals surface area contributed by atoms with Crippen molar-refractivity contribution >= 4 is 27.5 Å². The molecule has 0 heterocycles. The van der Waals surface area contributed by atoms with Crippen molar-refractivity contribution in [3.8, 4) is 0 Å². The number of halogens is 2. The first kappa shape index (κ1) is 19.5. The Morgan fingerprint density at radius 2 is 1.69 bits per heavy atom. The molecular weight excluding hydrogens is 368 g/mol. The van der Waals surface area contributed by atoms with Crippen molar-refractivity contribution in [1.29, 1.82) is 0 Å². The summed E-state index contributed by atoms with van der Waals surface area (Å²) in [6.07, 6.45) is -0.233. The first-order valence-corrected chi connectivity index (χ1v) is 9.24. The van der Waals surface area contributed by atoms with Crippen LogP contribution in [0.5, 0.6) is 0 Å². The van der Waals surface area contributed by atoms with Crippen molar-refractivity contribution in [1.82, 2.24) is 0 Å². The summed E-state index contributed by atoms with van der Waals surface area (Å²) in [7, 11) is -3.45. The molecule has 6 nitrogen and oxygen atoms in total. The van der Waals surface area contributed by atoms with Crippen molar-refractivity contribution in [3.63, 3.8) is 0 Å². The van der Waals surface area contributed by atoms with Crippen LogP contribution in [0, 0.1) is 11.6 Å². The topological polar surface area (TPSA) is 89.5 Å². The van der Waals surface area contributed by atoms with Gasteiger partial charge in [-0.3, -0.25) is 9.52 Å². The fourth-order valence-electron chi connectivity index (χ4n) is 2.08. The van der Waals surface area contributed by atoms with Crippen LogP contribution in [0.15, 0.2) is 42.5 Å². The highest BCUT2D eigenvalue weighted by molar-refractivity contribution is 7.92. The van der Waals surface area contributed by atoms with Gasteiger partial charge in [-0.2, -0.15) is 0 Å². The van der Waals surface area contributed by atoms with Crippen LogP contribution in [0.1, 0.15) is 27.6 Å². The van der Waals surface area contributed by atoms with E-state index < -0.39 is 45.1 Å². The molecule has 9 heteroatoms. The number of ether oxygens (including phenoxy) is 1. The summed E-state index contributed by atoms with van der Waals surface area (Å²) in [4.78, 5) is 24.2. The second-order valence-electron chi connectivity index (χ2n) is 5.49. The Morgan fingerprint density at radius 3 is 2.23 bits per heavy atom. The number of nitrogens with one attached hydrogen (secondary N) is 1. The molecule has 0 saturated heterocycles. The lowest BCUT2D eigenvalue weighted by Crippen LogP contribution is -2.25. The lowest BCUT2D eigenvalue weighted by Gasteiger charge is -2.13. The molecule has 0 aromatic heterocycles. The number of rotatable bonds is 6. The van der Waals surface area contributed by atoms with E-state index in [0.717, 1.165) is 18.4 Å². The maximum Gasteiger partial charge on any atom is 0.341 e. The second-order valence-corrected chi connectivity index (χ2v) is 7.24. The summed E-state index contributed by atoms with van der Waals surface area (Å²) in [5.41, 5.74) is -0.0511. The lowest BCUT2D eigenvalue weighted by atomic mass is 10.1. The smallest absolute Gasteiger partial charge is 0.341 e. The number of hydrogen-bond acceptors (Lipinski definition) is 5. The van der Waals surface area contributed by atoms with Crippen LogP contribution in [0.3, 0.4) is 0 Å². The maximum absolute atomic E-state index is 13.6. The third-order valence-corrected chi connectivity index (χ3v) is 3.88. The highest BCUT2D eigenvalue weighted by atomic mass is 32.2. The van der Waals surface area contributed by atoms with Gasteiger partial charge in [-0.25, -0.2) is 22.0 Å². The lowest BCUT2D eigenvalue weighted by molar-refractivity contribution is 0.0314. The molecule has 0 saturated carbocycles. The zero-order chi connectivity index (χ0) is 19.5. The molecule has 0 aliphatic rings. The summed E-state index contributed by atoms with van der Waals surface area (Å²) < 4.78 is 55.9. The van der Waals surface area contributed by atoms with E-state index in [1.54, 1.807) is 0 Å². The Hall–Kier alpha value is -2.81. The van der Waals surface area contributed by atoms with Crippen molar-refractivity contribution in [3.05, 3.63) is 65.2 Å². The van der Waals surface area contributed by atoms with Gasteiger partial charge in [0.1, 0.15) is 11.6 Å². The third-order valence-electron chi connectivity index (χ3n) is 3.28. The number of carbonyl (C=O) groups excluding carboxylic acids is 2. The van der Waals surface area contributed by atoms with Gasteiger partial charge in [0.25, 0.3) is 0 Å². The van der Waals surface area contributed by atoms with Crippen molar-refractivity contribution in [2.45, 2.75) is 13.0 Å². The number of hydrogen-bond donors (Lipinski definition) is 1. The van der Waals surface area contributed by atoms with Gasteiger partial charge in [-0.15, -0.1) is 0 Å². The van der Waals surface area contributed by atoms with Gasteiger partial charge < -0.3 is 4.74 Å². The van der Waals surface area contributed by atoms with Crippen molar-refractivity contribution in [2.75, 3.05) is 11.0 Å². The second kappa shape index (κ2) is 7.61. The van der Waals surface area contributed by atoms with E-state index in [-0.39, 0.29) is 11.3 Å². The fraction of sp³-hybridized carbons (Fsp3) is 0.176. The molecule has 26 heavy (non-hydrogen) atoms.